The van der Waals surface area contributed by atoms with Crippen LogP contribution in [-0.4, -0.2) is 22.4 Å². The van der Waals surface area contributed by atoms with Crippen LogP contribution < -0.4 is 15.8 Å². The Labute approximate surface area is 145 Å². The molecule has 26 heavy (non-hydrogen) atoms. The molecular weight excluding hydrogens is 356 g/mol. The number of hydrogen-bond acceptors (Lipinski definition) is 6. The predicted molar refractivity (Wildman–Crippen MR) is 84.8 cm³/mol. The van der Waals surface area contributed by atoms with Gasteiger partial charge in [-0.1, -0.05) is 0 Å². The molecule has 0 fully saturated rings. The van der Waals surface area contributed by atoms with E-state index in [1.54, 1.807) is 0 Å². The van der Waals surface area contributed by atoms with E-state index in [2.05, 4.69) is 15.3 Å². The number of anilines is 1. The summed E-state index contributed by atoms with van der Waals surface area (Å²) in [6.07, 6.45) is -1.01. The maximum absolute atomic E-state index is 13.2. The molecule has 0 unspecified atom stereocenters. The highest BCUT2D eigenvalue weighted by molar-refractivity contribution is 5.93. The lowest BCUT2D eigenvalue weighted by Crippen LogP contribution is -2.13. The first-order valence-electron chi connectivity index (χ1n) is 7.20. The fraction of sp³-hybridized carbons (Fsp3) is 0.188. The van der Waals surface area contributed by atoms with Crippen LogP contribution in [0.1, 0.15) is 22.8 Å². The molecule has 0 saturated heterocycles. The smallest absolute Gasteiger partial charge is 0.419 e. The summed E-state index contributed by atoms with van der Waals surface area (Å²) in [7, 11) is 0. The number of Topliss-reactive ketones (excluding diaryl/α,β-unsaturated/α-hetero) is 1. The minimum Gasteiger partial charge on any atom is -0.457 e. The summed E-state index contributed by atoms with van der Waals surface area (Å²) in [5, 5.41) is 2.53. The Bertz CT molecular complexity index is 820. The van der Waals surface area contributed by atoms with Gasteiger partial charge >= 0.3 is 12.2 Å². The van der Waals surface area contributed by atoms with Crippen molar-refractivity contribution in [2.45, 2.75) is 13.1 Å². The number of alkyl halides is 3. The van der Waals surface area contributed by atoms with Gasteiger partial charge in [0, 0.05) is 24.3 Å². The molecule has 0 aliphatic heterocycles. The molecule has 0 bridgehead atoms. The molecule has 0 saturated carbocycles. The van der Waals surface area contributed by atoms with Gasteiger partial charge < -0.3 is 15.8 Å². The molecule has 0 aliphatic carbocycles. The first-order chi connectivity index (χ1) is 12.2. The molecule has 2 aromatic rings. The number of rotatable bonds is 6. The van der Waals surface area contributed by atoms with Crippen LogP contribution in [0.25, 0.3) is 0 Å². The normalized spacial score (nSPS) is 12.0. The van der Waals surface area contributed by atoms with Crippen molar-refractivity contribution in [3.05, 3.63) is 59.4 Å². The molecule has 1 heterocycles. The van der Waals surface area contributed by atoms with E-state index >= 15 is 0 Å². The van der Waals surface area contributed by atoms with Gasteiger partial charge in [0.1, 0.15) is 12.4 Å². The fourth-order valence-electron chi connectivity index (χ4n) is 1.77. The summed E-state index contributed by atoms with van der Waals surface area (Å²) >= 11 is 0. The summed E-state index contributed by atoms with van der Waals surface area (Å²) in [6, 6.07) is 2.45. The van der Waals surface area contributed by atoms with Gasteiger partial charge in [-0.3, -0.25) is 4.79 Å². The van der Waals surface area contributed by atoms with Crippen LogP contribution in [0.15, 0.2) is 42.5 Å². The minimum atomic E-state index is -4.80. The lowest BCUT2D eigenvalue weighted by molar-refractivity contribution is -0.139. The van der Waals surface area contributed by atoms with Crippen LogP contribution in [0.5, 0.6) is 6.01 Å². The molecule has 1 aromatic heterocycles. The third-order valence-electron chi connectivity index (χ3n) is 3.10. The summed E-state index contributed by atoms with van der Waals surface area (Å²) in [5.41, 5.74) is 4.73. The highest BCUT2D eigenvalue weighted by Crippen LogP contribution is 2.32. The van der Waals surface area contributed by atoms with Crippen LogP contribution in [0.2, 0.25) is 0 Å². The molecule has 0 spiro atoms. The third-order valence-corrected chi connectivity index (χ3v) is 3.10. The molecule has 0 atom stereocenters. The molecular formula is C16H14F4N4O2. The number of carbonyl (C=O) groups is 1. The molecule has 3 N–H and O–H groups in total. The Hall–Kier alpha value is -3.17. The topological polar surface area (TPSA) is 90.1 Å². The van der Waals surface area contributed by atoms with Crippen LogP contribution >= 0.6 is 0 Å². The molecule has 10 heteroatoms. The molecule has 138 valence electrons. The average molecular weight is 370 g/mol. The Morgan fingerprint density at radius 3 is 2.54 bits per heavy atom. The van der Waals surface area contributed by atoms with E-state index in [0.717, 1.165) is 6.07 Å². The largest absolute Gasteiger partial charge is 0.457 e. The van der Waals surface area contributed by atoms with Gasteiger partial charge in [0.2, 0.25) is 0 Å². The Morgan fingerprint density at radius 2 is 1.96 bits per heavy atom. The van der Waals surface area contributed by atoms with Crippen molar-refractivity contribution >= 4 is 11.5 Å². The maximum Gasteiger partial charge on any atom is 0.419 e. The van der Waals surface area contributed by atoms with Crippen molar-refractivity contribution in [3.63, 3.8) is 0 Å². The Kier molecular flexibility index (Phi) is 5.75. The molecule has 6 nitrogen and oxygen atoms in total. The van der Waals surface area contributed by atoms with Gasteiger partial charge in [-0.05, 0) is 25.1 Å². The highest BCUT2D eigenvalue weighted by Gasteiger charge is 2.34. The Morgan fingerprint density at radius 1 is 1.31 bits per heavy atom. The van der Waals surface area contributed by atoms with Crippen LogP contribution in [0.4, 0.5) is 23.2 Å². The van der Waals surface area contributed by atoms with Crippen LogP contribution in [0, 0.1) is 5.82 Å². The van der Waals surface area contributed by atoms with E-state index in [1.165, 1.54) is 25.5 Å². The second kappa shape index (κ2) is 7.81. The lowest BCUT2D eigenvalue weighted by Gasteiger charge is -2.10. The number of nitrogens with one attached hydrogen (secondary N) is 1. The number of ether oxygens (including phenoxy) is 1. The van der Waals surface area contributed by atoms with Crippen molar-refractivity contribution in [1.82, 2.24) is 9.97 Å². The zero-order chi connectivity index (χ0) is 19.3. The number of nitrogens with zero attached hydrogens (tertiary/aromatic N) is 2. The first-order valence-corrected chi connectivity index (χ1v) is 7.20. The standard InChI is InChI=1S/C16H14F4N4O2/c1-9(25)10-5-23-15(24-6-10)26-8-11(21)7-22-12-2-3-14(17)13(4-12)16(18,19)20/h2-7,22H,8,21H2,1H3/b11-7-. The summed E-state index contributed by atoms with van der Waals surface area (Å²) < 4.78 is 56.3. The van der Waals surface area contributed by atoms with Gasteiger partial charge in [-0.2, -0.15) is 13.2 Å². The predicted octanol–water partition coefficient (Wildman–Crippen LogP) is 3.13. The fourth-order valence-corrected chi connectivity index (χ4v) is 1.77. The van der Waals surface area contributed by atoms with E-state index in [1.807, 2.05) is 0 Å². The zero-order valence-electron chi connectivity index (χ0n) is 13.5. The molecule has 0 amide bonds. The maximum atomic E-state index is 13.2. The van der Waals surface area contributed by atoms with E-state index in [-0.39, 0.29) is 29.8 Å². The van der Waals surface area contributed by atoms with E-state index < -0.39 is 17.6 Å². The van der Waals surface area contributed by atoms with Crippen LogP contribution in [0.3, 0.4) is 0 Å². The number of benzene rings is 1. The second-order valence-electron chi connectivity index (χ2n) is 5.16. The van der Waals surface area contributed by atoms with Gasteiger partial charge in [0.05, 0.1) is 16.8 Å². The molecule has 0 radical (unpaired) electrons. The Balaban J connectivity index is 1.97. The lowest BCUT2D eigenvalue weighted by atomic mass is 10.2. The summed E-state index contributed by atoms with van der Waals surface area (Å²) in [5.74, 6) is -1.56. The van der Waals surface area contributed by atoms with Gasteiger partial charge in [-0.25, -0.2) is 14.4 Å². The summed E-state index contributed by atoms with van der Waals surface area (Å²) in [4.78, 5) is 18.7. The van der Waals surface area contributed by atoms with Gasteiger partial charge in [0.15, 0.2) is 5.78 Å². The van der Waals surface area contributed by atoms with E-state index in [4.69, 9.17) is 10.5 Å². The number of aromatic nitrogens is 2. The van der Waals surface area contributed by atoms with Crippen molar-refractivity contribution in [3.8, 4) is 6.01 Å². The van der Waals surface area contributed by atoms with Crippen molar-refractivity contribution < 1.29 is 27.1 Å². The molecule has 1 aromatic carbocycles. The van der Waals surface area contributed by atoms with Gasteiger partial charge in [-0.15, -0.1) is 0 Å². The van der Waals surface area contributed by atoms with E-state index in [0.29, 0.717) is 17.7 Å². The van der Waals surface area contributed by atoms with Gasteiger partial charge in [0.25, 0.3) is 0 Å². The monoisotopic (exact) mass is 370 g/mol. The summed E-state index contributed by atoms with van der Waals surface area (Å²) in [6.45, 7) is 1.21. The quantitative estimate of drug-likeness (QED) is 0.600. The average Bonchev–Trinajstić information content (AvgIpc) is 2.58. The van der Waals surface area contributed by atoms with E-state index in [9.17, 15) is 22.4 Å². The number of hydrogen-bond donors (Lipinski definition) is 2. The molecule has 2 rings (SSSR count). The molecule has 0 aliphatic rings. The van der Waals surface area contributed by atoms with Crippen LogP contribution in [-0.2, 0) is 6.18 Å². The number of carbonyl (C=O) groups excluding carboxylic acids is 1. The first kappa shape index (κ1) is 19.2. The SMILES string of the molecule is CC(=O)c1cnc(OC/C(N)=C/Nc2ccc(F)c(C(F)(F)F)c2)nc1. The van der Waals surface area contributed by atoms with Crippen molar-refractivity contribution in [1.29, 1.82) is 0 Å². The highest BCUT2D eigenvalue weighted by atomic mass is 19.4. The number of halogens is 4. The van der Waals surface area contributed by atoms with Crippen molar-refractivity contribution in [2.75, 3.05) is 11.9 Å². The second-order valence-corrected chi connectivity index (χ2v) is 5.16. The van der Waals surface area contributed by atoms with Crippen molar-refractivity contribution in [2.24, 2.45) is 5.73 Å². The minimum absolute atomic E-state index is 0.00346. The third kappa shape index (κ3) is 5.16. The number of nitrogens with two attached hydrogens (primary N) is 1. The zero-order valence-corrected chi connectivity index (χ0v) is 13.5. The number of ketones is 1.